The number of nitrogens with one attached hydrogen (secondary N) is 1. The SMILES string of the molecule is CC(C)(CNC(=O)CC#N)c1cc(Cl)ccc1F. The lowest BCUT2D eigenvalue weighted by molar-refractivity contribution is -0.120. The van der Waals surface area contributed by atoms with Crippen molar-refractivity contribution in [2.45, 2.75) is 25.7 Å². The number of hydrogen-bond donors (Lipinski definition) is 1. The zero-order chi connectivity index (χ0) is 13.8. The number of amides is 1. The molecule has 3 nitrogen and oxygen atoms in total. The molecular weight excluding hydrogens is 255 g/mol. The first-order valence-corrected chi connectivity index (χ1v) is 5.84. The molecule has 0 aromatic heterocycles. The van der Waals surface area contributed by atoms with E-state index in [2.05, 4.69) is 5.32 Å². The third-order valence-electron chi connectivity index (χ3n) is 2.62. The first-order valence-electron chi connectivity index (χ1n) is 5.46. The van der Waals surface area contributed by atoms with Gasteiger partial charge in [0, 0.05) is 17.0 Å². The van der Waals surface area contributed by atoms with Gasteiger partial charge in [-0.15, -0.1) is 0 Å². The van der Waals surface area contributed by atoms with Gasteiger partial charge < -0.3 is 5.32 Å². The van der Waals surface area contributed by atoms with E-state index in [9.17, 15) is 9.18 Å². The number of nitrogens with zero attached hydrogens (tertiary/aromatic N) is 1. The Hall–Kier alpha value is -1.60. The largest absolute Gasteiger partial charge is 0.354 e. The van der Waals surface area contributed by atoms with Crippen molar-refractivity contribution in [1.29, 1.82) is 5.26 Å². The summed E-state index contributed by atoms with van der Waals surface area (Å²) in [6.45, 7) is 3.84. The number of carbonyl (C=O) groups excluding carboxylic acids is 1. The van der Waals surface area contributed by atoms with E-state index in [1.54, 1.807) is 26.0 Å². The standard InChI is InChI=1S/C13H14ClFN2O/c1-13(2,8-17-12(18)5-6-16)10-7-9(14)3-4-11(10)15/h3-4,7H,5,8H2,1-2H3,(H,17,18). The van der Waals surface area contributed by atoms with E-state index in [0.717, 1.165) is 0 Å². The quantitative estimate of drug-likeness (QED) is 0.913. The minimum absolute atomic E-state index is 0.200. The highest BCUT2D eigenvalue weighted by molar-refractivity contribution is 6.30. The Morgan fingerprint density at radius 1 is 1.56 bits per heavy atom. The minimum Gasteiger partial charge on any atom is -0.354 e. The first-order chi connectivity index (χ1) is 8.36. The van der Waals surface area contributed by atoms with Crippen LogP contribution in [-0.2, 0) is 10.2 Å². The Morgan fingerprint density at radius 2 is 2.22 bits per heavy atom. The van der Waals surface area contributed by atoms with E-state index < -0.39 is 5.41 Å². The highest BCUT2D eigenvalue weighted by Crippen LogP contribution is 2.27. The molecule has 0 bridgehead atoms. The molecule has 96 valence electrons. The van der Waals surface area contributed by atoms with Gasteiger partial charge in [0.1, 0.15) is 12.2 Å². The van der Waals surface area contributed by atoms with Crippen LogP contribution >= 0.6 is 11.6 Å². The van der Waals surface area contributed by atoms with Gasteiger partial charge in [-0.1, -0.05) is 25.4 Å². The zero-order valence-electron chi connectivity index (χ0n) is 10.3. The molecule has 0 radical (unpaired) electrons. The second-order valence-electron chi connectivity index (χ2n) is 4.62. The van der Waals surface area contributed by atoms with Gasteiger partial charge in [0.15, 0.2) is 0 Å². The van der Waals surface area contributed by atoms with Crippen LogP contribution in [-0.4, -0.2) is 12.5 Å². The van der Waals surface area contributed by atoms with Crippen LogP contribution in [0.3, 0.4) is 0 Å². The highest BCUT2D eigenvalue weighted by atomic mass is 35.5. The number of nitriles is 1. The van der Waals surface area contributed by atoms with E-state index in [-0.39, 0.29) is 24.7 Å². The highest BCUT2D eigenvalue weighted by Gasteiger charge is 2.25. The van der Waals surface area contributed by atoms with E-state index in [0.29, 0.717) is 10.6 Å². The second kappa shape index (κ2) is 5.83. The molecule has 0 heterocycles. The molecule has 0 atom stereocenters. The molecule has 0 aliphatic heterocycles. The summed E-state index contributed by atoms with van der Waals surface area (Å²) in [5, 5.41) is 11.4. The van der Waals surface area contributed by atoms with Crippen LogP contribution in [0.25, 0.3) is 0 Å². The number of benzene rings is 1. The van der Waals surface area contributed by atoms with Gasteiger partial charge in [-0.3, -0.25) is 4.79 Å². The van der Waals surface area contributed by atoms with E-state index >= 15 is 0 Å². The second-order valence-corrected chi connectivity index (χ2v) is 5.06. The van der Waals surface area contributed by atoms with Crippen LogP contribution in [0.1, 0.15) is 25.8 Å². The molecule has 1 rings (SSSR count). The topological polar surface area (TPSA) is 52.9 Å². The van der Waals surface area contributed by atoms with Gasteiger partial charge in [-0.05, 0) is 23.8 Å². The van der Waals surface area contributed by atoms with Gasteiger partial charge >= 0.3 is 0 Å². The van der Waals surface area contributed by atoms with Crippen molar-refractivity contribution >= 4 is 17.5 Å². The molecule has 0 aliphatic rings. The predicted molar refractivity (Wildman–Crippen MR) is 67.7 cm³/mol. The van der Waals surface area contributed by atoms with Crippen LogP contribution in [0.2, 0.25) is 5.02 Å². The third-order valence-corrected chi connectivity index (χ3v) is 2.86. The van der Waals surface area contributed by atoms with Crippen LogP contribution in [0, 0.1) is 17.1 Å². The molecular formula is C13H14ClFN2O. The zero-order valence-corrected chi connectivity index (χ0v) is 11.0. The van der Waals surface area contributed by atoms with Crippen molar-refractivity contribution in [2.24, 2.45) is 0 Å². The van der Waals surface area contributed by atoms with Gasteiger partial charge in [0.05, 0.1) is 6.07 Å². The maximum atomic E-state index is 13.7. The molecule has 1 aromatic carbocycles. The van der Waals surface area contributed by atoms with E-state index in [4.69, 9.17) is 16.9 Å². The number of hydrogen-bond acceptors (Lipinski definition) is 2. The summed E-state index contributed by atoms with van der Waals surface area (Å²) in [5.41, 5.74) is -0.160. The maximum Gasteiger partial charge on any atom is 0.234 e. The minimum atomic E-state index is -0.597. The average molecular weight is 269 g/mol. The Kier molecular flexibility index (Phi) is 4.69. The van der Waals surface area contributed by atoms with Gasteiger partial charge in [-0.2, -0.15) is 5.26 Å². The fraction of sp³-hybridized carbons (Fsp3) is 0.385. The lowest BCUT2D eigenvalue weighted by Crippen LogP contribution is -2.37. The van der Waals surface area contributed by atoms with E-state index in [1.807, 2.05) is 0 Å². The van der Waals surface area contributed by atoms with Crippen molar-refractivity contribution in [3.63, 3.8) is 0 Å². The van der Waals surface area contributed by atoms with Crippen LogP contribution in [0.5, 0.6) is 0 Å². The Balaban J connectivity index is 2.83. The molecule has 5 heteroatoms. The smallest absolute Gasteiger partial charge is 0.234 e. The van der Waals surface area contributed by atoms with Crippen LogP contribution in [0.15, 0.2) is 18.2 Å². The van der Waals surface area contributed by atoms with Crippen molar-refractivity contribution in [2.75, 3.05) is 6.54 Å². The lowest BCUT2D eigenvalue weighted by Gasteiger charge is -2.26. The number of rotatable bonds is 4. The van der Waals surface area contributed by atoms with E-state index in [1.165, 1.54) is 12.1 Å². The fourth-order valence-electron chi connectivity index (χ4n) is 1.57. The van der Waals surface area contributed by atoms with Crippen molar-refractivity contribution < 1.29 is 9.18 Å². The molecule has 1 N–H and O–H groups in total. The molecule has 0 unspecified atom stereocenters. The molecule has 0 spiro atoms. The molecule has 0 saturated heterocycles. The number of halogens is 2. The Labute approximate surface area is 111 Å². The normalized spacial score (nSPS) is 10.8. The van der Waals surface area contributed by atoms with Crippen molar-refractivity contribution in [3.8, 4) is 6.07 Å². The molecule has 0 fully saturated rings. The first kappa shape index (κ1) is 14.5. The van der Waals surface area contributed by atoms with Crippen molar-refractivity contribution in [3.05, 3.63) is 34.6 Å². The lowest BCUT2D eigenvalue weighted by atomic mass is 9.84. The van der Waals surface area contributed by atoms with Gasteiger partial charge in [-0.25, -0.2) is 4.39 Å². The van der Waals surface area contributed by atoms with Crippen molar-refractivity contribution in [1.82, 2.24) is 5.32 Å². The predicted octanol–water partition coefficient (Wildman–Crippen LogP) is 2.79. The molecule has 18 heavy (non-hydrogen) atoms. The monoisotopic (exact) mass is 268 g/mol. The maximum absolute atomic E-state index is 13.7. The molecule has 0 aliphatic carbocycles. The Bertz CT molecular complexity index is 494. The summed E-state index contributed by atoms with van der Waals surface area (Å²) in [4.78, 5) is 11.2. The van der Waals surface area contributed by atoms with Gasteiger partial charge in [0.25, 0.3) is 0 Å². The summed E-state index contributed by atoms with van der Waals surface area (Å²) >= 11 is 5.84. The summed E-state index contributed by atoms with van der Waals surface area (Å²) in [5.74, 6) is -0.730. The van der Waals surface area contributed by atoms with Gasteiger partial charge in [0.2, 0.25) is 5.91 Å². The number of carbonyl (C=O) groups is 1. The molecule has 0 saturated carbocycles. The Morgan fingerprint density at radius 3 is 2.83 bits per heavy atom. The fourth-order valence-corrected chi connectivity index (χ4v) is 1.74. The summed E-state index contributed by atoms with van der Waals surface area (Å²) in [6.07, 6.45) is -0.200. The summed E-state index contributed by atoms with van der Waals surface area (Å²) in [6, 6.07) is 6.08. The summed E-state index contributed by atoms with van der Waals surface area (Å²) < 4.78 is 13.7. The molecule has 1 amide bonds. The average Bonchev–Trinajstić information content (AvgIpc) is 2.30. The molecule has 1 aromatic rings. The van der Waals surface area contributed by atoms with Crippen LogP contribution in [0.4, 0.5) is 4.39 Å². The third kappa shape index (κ3) is 3.71. The van der Waals surface area contributed by atoms with Crippen LogP contribution < -0.4 is 5.32 Å². The summed E-state index contributed by atoms with van der Waals surface area (Å²) in [7, 11) is 0.